The molecule has 0 saturated carbocycles. The molecule has 0 atom stereocenters. The van der Waals surface area contributed by atoms with E-state index in [1.807, 2.05) is 0 Å². The molecule has 0 heterocycles. The first-order valence-corrected chi connectivity index (χ1v) is 11.9. The van der Waals surface area contributed by atoms with Crippen molar-refractivity contribution in [3.05, 3.63) is 127 Å². The molecule has 0 unspecified atom stereocenters. The molecule has 0 bridgehead atoms. The van der Waals surface area contributed by atoms with Crippen LogP contribution in [0.2, 0.25) is 30.1 Å². The molecular formula is C18H9Cl6F3N6O12. The van der Waals surface area contributed by atoms with Crippen LogP contribution < -0.4 is 0 Å². The van der Waals surface area contributed by atoms with Crippen LogP contribution in [0.25, 0.3) is 0 Å². The third-order valence-electron chi connectivity index (χ3n) is 4.28. The van der Waals surface area contributed by atoms with Gasteiger partial charge in [0.15, 0.2) is 15.1 Å². The Morgan fingerprint density at radius 3 is 0.667 bits per heavy atom. The first-order valence-electron chi connectivity index (χ1n) is 9.65. The van der Waals surface area contributed by atoms with Crippen LogP contribution in [-0.4, -0.2) is 29.5 Å². The van der Waals surface area contributed by atoms with Gasteiger partial charge >= 0.3 is 17.1 Å². The standard InChI is InChI=1S/3C6H2Cl2N2O4.3FH/c3*7-3-1-2-4(9(11)12)5(8)6(3)10(13)14;;;/h3*1-2H;3*1H. The summed E-state index contributed by atoms with van der Waals surface area (Å²) >= 11 is 32.7. The predicted molar refractivity (Wildman–Crippen MR) is 157 cm³/mol. The fourth-order valence-electron chi connectivity index (χ4n) is 2.52. The molecule has 0 aromatic heterocycles. The van der Waals surface area contributed by atoms with E-state index in [9.17, 15) is 60.7 Å². The van der Waals surface area contributed by atoms with Crippen molar-refractivity contribution in [2.45, 2.75) is 0 Å². The van der Waals surface area contributed by atoms with E-state index in [0.717, 1.165) is 36.4 Å². The van der Waals surface area contributed by atoms with Gasteiger partial charge in [0.1, 0.15) is 15.1 Å². The normalized spacial score (nSPS) is 9.20. The van der Waals surface area contributed by atoms with Gasteiger partial charge in [0.25, 0.3) is 17.1 Å². The molecule has 0 aliphatic rings. The average molecular weight is 771 g/mol. The van der Waals surface area contributed by atoms with Crippen molar-refractivity contribution in [3.8, 4) is 0 Å². The van der Waals surface area contributed by atoms with E-state index in [1.54, 1.807) is 0 Å². The van der Waals surface area contributed by atoms with Crippen molar-refractivity contribution in [3.63, 3.8) is 0 Å². The van der Waals surface area contributed by atoms with E-state index in [2.05, 4.69) is 0 Å². The van der Waals surface area contributed by atoms with Gasteiger partial charge in [0.2, 0.25) is 0 Å². The minimum atomic E-state index is -0.863. The highest BCUT2D eigenvalue weighted by Gasteiger charge is 2.28. The van der Waals surface area contributed by atoms with Gasteiger partial charge in [-0.3, -0.25) is 74.8 Å². The minimum absolute atomic E-state index is 0. The molecule has 0 aliphatic heterocycles. The van der Waals surface area contributed by atoms with E-state index < -0.39 is 78.7 Å². The van der Waals surface area contributed by atoms with Gasteiger partial charge in [-0.15, -0.1) is 0 Å². The first-order chi connectivity index (χ1) is 19.3. The van der Waals surface area contributed by atoms with Gasteiger partial charge in [0.05, 0.1) is 29.5 Å². The van der Waals surface area contributed by atoms with Gasteiger partial charge in [-0.2, -0.15) is 0 Å². The number of nitrogens with zero attached hydrogens (tertiary/aromatic N) is 6. The molecular weight excluding hydrogens is 762 g/mol. The Balaban J connectivity index is -0.000000569. The predicted octanol–water partition coefficient (Wildman–Crippen LogP) is 8.89. The molecule has 3 aromatic rings. The van der Waals surface area contributed by atoms with Crippen molar-refractivity contribution in [2.24, 2.45) is 0 Å². The molecule has 0 radical (unpaired) electrons. The number of hydrogen-bond donors (Lipinski definition) is 0. The van der Waals surface area contributed by atoms with Crippen molar-refractivity contribution in [1.82, 2.24) is 0 Å². The summed E-state index contributed by atoms with van der Waals surface area (Å²) in [6.07, 6.45) is 0. The van der Waals surface area contributed by atoms with Crippen LogP contribution in [0, 0.1) is 60.7 Å². The highest BCUT2D eigenvalue weighted by molar-refractivity contribution is 6.40. The van der Waals surface area contributed by atoms with Gasteiger partial charge in [-0.25, -0.2) is 0 Å². The van der Waals surface area contributed by atoms with E-state index in [-0.39, 0.29) is 29.2 Å². The van der Waals surface area contributed by atoms with Crippen LogP contribution in [0.4, 0.5) is 48.2 Å². The van der Waals surface area contributed by atoms with Crippen LogP contribution in [0.1, 0.15) is 0 Å². The maximum absolute atomic E-state index is 10.4. The Labute approximate surface area is 273 Å². The van der Waals surface area contributed by atoms with Gasteiger partial charge in [-0.05, 0) is 18.2 Å². The van der Waals surface area contributed by atoms with E-state index in [0.29, 0.717) is 0 Å². The molecule has 3 aromatic carbocycles. The quantitative estimate of drug-likeness (QED) is 0.168. The molecule has 3 rings (SSSR count). The Kier molecular flexibility index (Phi) is 19.1. The lowest BCUT2D eigenvalue weighted by atomic mass is 10.3. The Bertz CT molecular complexity index is 1470. The SMILES string of the molecule is F.F.F.O=[N+]([O-])c1ccc(Cl)c([N+](=O)[O-])c1Cl.O=[N+]([O-])c1ccc(Cl)c([N+](=O)[O-])c1Cl.O=[N+]([O-])c1ccc(Cl)c([N+](=O)[O-])c1Cl. The van der Waals surface area contributed by atoms with E-state index in [1.165, 1.54) is 0 Å². The molecule has 0 saturated heterocycles. The number of rotatable bonds is 6. The fourth-order valence-corrected chi connectivity index (χ4v) is 4.25. The number of nitro groups is 6. The van der Waals surface area contributed by atoms with Crippen LogP contribution in [0.5, 0.6) is 0 Å². The highest BCUT2D eigenvalue weighted by atomic mass is 35.5. The van der Waals surface area contributed by atoms with Crippen LogP contribution >= 0.6 is 69.6 Å². The first kappa shape index (κ1) is 45.0. The van der Waals surface area contributed by atoms with E-state index in [4.69, 9.17) is 69.6 Å². The number of benzene rings is 3. The van der Waals surface area contributed by atoms with Crippen molar-refractivity contribution < 1.29 is 43.7 Å². The summed E-state index contributed by atoms with van der Waals surface area (Å²) in [5.41, 5.74) is -3.57. The zero-order valence-electron chi connectivity index (χ0n) is 20.5. The lowest BCUT2D eigenvalue weighted by Gasteiger charge is -1.98. The fraction of sp³-hybridized carbons (Fsp3) is 0. The lowest BCUT2D eigenvalue weighted by Crippen LogP contribution is -1.95. The Hall–Kier alpha value is -4.41. The third-order valence-corrected chi connectivity index (χ3v) is 6.31. The van der Waals surface area contributed by atoms with Crippen LogP contribution in [0.3, 0.4) is 0 Å². The maximum atomic E-state index is 10.4. The molecule has 0 spiro atoms. The Morgan fingerprint density at radius 1 is 0.356 bits per heavy atom. The zero-order chi connectivity index (χ0) is 32.6. The van der Waals surface area contributed by atoms with Gasteiger partial charge < -0.3 is 0 Å². The summed E-state index contributed by atoms with van der Waals surface area (Å²) in [6.45, 7) is 0. The molecule has 45 heavy (non-hydrogen) atoms. The third kappa shape index (κ3) is 11.2. The van der Waals surface area contributed by atoms with Gasteiger partial charge in [-0.1, -0.05) is 69.6 Å². The molecule has 246 valence electrons. The van der Waals surface area contributed by atoms with Crippen LogP contribution in [0.15, 0.2) is 36.4 Å². The Morgan fingerprint density at radius 2 is 0.533 bits per heavy atom. The summed E-state index contributed by atoms with van der Waals surface area (Å²) in [5, 5.41) is 60.0. The summed E-state index contributed by atoms with van der Waals surface area (Å²) in [6, 6.07) is 6.21. The molecule has 27 heteroatoms. The zero-order valence-corrected chi connectivity index (χ0v) is 25.1. The van der Waals surface area contributed by atoms with Crippen LogP contribution in [-0.2, 0) is 0 Å². The van der Waals surface area contributed by atoms with Gasteiger partial charge in [0, 0.05) is 18.2 Å². The monoisotopic (exact) mass is 768 g/mol. The summed E-state index contributed by atoms with van der Waals surface area (Å²) in [4.78, 5) is 57.4. The second-order valence-electron chi connectivity index (χ2n) is 6.73. The number of halogens is 9. The molecule has 18 nitrogen and oxygen atoms in total. The second-order valence-corrected chi connectivity index (χ2v) is 9.09. The molecule has 0 fully saturated rings. The molecule has 0 amide bonds. The minimum Gasteiger partial charge on any atom is -0.269 e. The molecule has 0 aliphatic carbocycles. The van der Waals surface area contributed by atoms with Crippen molar-refractivity contribution in [1.29, 1.82) is 0 Å². The maximum Gasteiger partial charge on any atom is 0.313 e. The largest absolute Gasteiger partial charge is 0.313 e. The summed E-state index contributed by atoms with van der Waals surface area (Å²) in [5.74, 6) is 0. The summed E-state index contributed by atoms with van der Waals surface area (Å²) < 4.78 is 0. The topological polar surface area (TPSA) is 259 Å². The summed E-state index contributed by atoms with van der Waals surface area (Å²) in [7, 11) is 0. The van der Waals surface area contributed by atoms with E-state index >= 15 is 0 Å². The number of nitro benzene ring substituents is 6. The van der Waals surface area contributed by atoms with Crippen molar-refractivity contribution >= 4 is 104 Å². The van der Waals surface area contributed by atoms with Crippen molar-refractivity contribution in [2.75, 3.05) is 0 Å². The average Bonchev–Trinajstić information content (AvgIpc) is 2.83. The number of hydrogen-bond acceptors (Lipinski definition) is 12. The molecule has 0 N–H and O–H groups in total. The second kappa shape index (κ2) is 19.1. The highest BCUT2D eigenvalue weighted by Crippen LogP contribution is 2.40. The lowest BCUT2D eigenvalue weighted by molar-refractivity contribution is -0.394. The smallest absolute Gasteiger partial charge is 0.269 e.